The summed E-state index contributed by atoms with van der Waals surface area (Å²) in [5.41, 5.74) is 4.09. The maximum atomic E-state index is 12.9. The first-order valence-electron chi connectivity index (χ1n) is 7.64. The van der Waals surface area contributed by atoms with Gasteiger partial charge < -0.3 is 4.74 Å². The molecule has 0 spiro atoms. The second-order valence-corrected chi connectivity index (χ2v) is 5.60. The van der Waals surface area contributed by atoms with E-state index >= 15 is 0 Å². The second kappa shape index (κ2) is 7.90. The van der Waals surface area contributed by atoms with Gasteiger partial charge in [-0.25, -0.2) is 0 Å². The lowest BCUT2D eigenvalue weighted by atomic mass is 10.1. The van der Waals surface area contributed by atoms with Crippen LogP contribution in [0.3, 0.4) is 0 Å². The molecule has 8 heteroatoms. The number of carbonyl (C=O) groups is 2. The van der Waals surface area contributed by atoms with Crippen molar-refractivity contribution in [2.45, 2.75) is 20.0 Å². The molecule has 5 nitrogen and oxygen atoms in total. The Balaban J connectivity index is 1.94. The standard InChI is InChI=1S/C18H17F3N2O3/c1-11-7-8-12(2)15(9-11)26-10-16(24)22-23-17(25)13-5-3-4-6-14(13)18(19,20)21/h3-9H,10H2,1-2H3,(H,22,24)(H,23,25). The van der Waals surface area contributed by atoms with Crippen molar-refractivity contribution in [2.75, 3.05) is 6.61 Å². The van der Waals surface area contributed by atoms with Crippen LogP contribution in [-0.2, 0) is 11.0 Å². The number of alkyl halides is 3. The van der Waals surface area contributed by atoms with Gasteiger partial charge in [-0.3, -0.25) is 20.4 Å². The van der Waals surface area contributed by atoms with Crippen molar-refractivity contribution in [3.63, 3.8) is 0 Å². The first kappa shape index (κ1) is 19.3. The summed E-state index contributed by atoms with van der Waals surface area (Å²) in [7, 11) is 0. The number of hydrogen-bond donors (Lipinski definition) is 2. The Morgan fingerprint density at radius 3 is 2.42 bits per heavy atom. The van der Waals surface area contributed by atoms with Gasteiger partial charge in [0.2, 0.25) is 0 Å². The number of amides is 2. The maximum Gasteiger partial charge on any atom is 0.417 e. The predicted octanol–water partition coefficient (Wildman–Crippen LogP) is 3.16. The molecule has 0 bridgehead atoms. The zero-order valence-corrected chi connectivity index (χ0v) is 14.1. The first-order valence-corrected chi connectivity index (χ1v) is 7.64. The van der Waals surface area contributed by atoms with E-state index in [-0.39, 0.29) is 0 Å². The predicted molar refractivity (Wildman–Crippen MR) is 88.5 cm³/mol. The molecule has 0 atom stereocenters. The normalized spacial score (nSPS) is 11.0. The number of rotatable bonds is 4. The average molecular weight is 366 g/mol. The lowest BCUT2D eigenvalue weighted by Gasteiger charge is -2.13. The van der Waals surface area contributed by atoms with E-state index in [4.69, 9.17) is 4.74 Å². The van der Waals surface area contributed by atoms with E-state index in [1.54, 1.807) is 6.07 Å². The molecule has 26 heavy (non-hydrogen) atoms. The molecular formula is C18H17F3N2O3. The number of hydrogen-bond acceptors (Lipinski definition) is 3. The largest absolute Gasteiger partial charge is 0.483 e. The molecule has 2 N–H and O–H groups in total. The van der Waals surface area contributed by atoms with Gasteiger partial charge in [-0.1, -0.05) is 24.3 Å². The second-order valence-electron chi connectivity index (χ2n) is 5.60. The highest BCUT2D eigenvalue weighted by atomic mass is 19.4. The summed E-state index contributed by atoms with van der Waals surface area (Å²) < 4.78 is 44.0. The number of benzene rings is 2. The summed E-state index contributed by atoms with van der Waals surface area (Å²) in [5.74, 6) is -1.27. The third-order valence-corrected chi connectivity index (χ3v) is 3.49. The Morgan fingerprint density at radius 1 is 1.04 bits per heavy atom. The Kier molecular flexibility index (Phi) is 5.86. The zero-order valence-electron chi connectivity index (χ0n) is 14.1. The summed E-state index contributed by atoms with van der Waals surface area (Å²) in [6.45, 7) is 3.28. The van der Waals surface area contributed by atoms with Crippen molar-refractivity contribution in [2.24, 2.45) is 0 Å². The fourth-order valence-electron chi connectivity index (χ4n) is 2.16. The lowest BCUT2D eigenvalue weighted by molar-refractivity contribution is -0.137. The lowest BCUT2D eigenvalue weighted by Crippen LogP contribution is -2.44. The molecule has 0 fully saturated rings. The van der Waals surface area contributed by atoms with Gasteiger partial charge >= 0.3 is 6.18 Å². The van der Waals surface area contributed by atoms with Crippen LogP contribution in [0.5, 0.6) is 5.75 Å². The molecule has 2 aromatic rings. The Bertz CT molecular complexity index is 820. The maximum absolute atomic E-state index is 12.9. The summed E-state index contributed by atoms with van der Waals surface area (Å²) in [4.78, 5) is 23.7. The molecule has 0 aromatic heterocycles. The van der Waals surface area contributed by atoms with E-state index in [9.17, 15) is 22.8 Å². The number of hydrazine groups is 1. The van der Waals surface area contributed by atoms with E-state index in [0.29, 0.717) is 5.75 Å². The van der Waals surface area contributed by atoms with Gasteiger partial charge in [-0.15, -0.1) is 0 Å². The Labute approximate surface area is 148 Å². The smallest absolute Gasteiger partial charge is 0.417 e. The van der Waals surface area contributed by atoms with Gasteiger partial charge in [0.25, 0.3) is 11.8 Å². The number of aryl methyl sites for hydroxylation is 2. The van der Waals surface area contributed by atoms with Crippen LogP contribution in [0.15, 0.2) is 42.5 Å². The van der Waals surface area contributed by atoms with Crippen molar-refractivity contribution in [1.82, 2.24) is 10.9 Å². The molecule has 0 aliphatic heterocycles. The number of halogens is 3. The van der Waals surface area contributed by atoms with Gasteiger partial charge in [0, 0.05) is 0 Å². The summed E-state index contributed by atoms with van der Waals surface area (Å²) in [6.07, 6.45) is -4.68. The van der Waals surface area contributed by atoms with Gasteiger partial charge in [0.1, 0.15) is 5.75 Å². The number of ether oxygens (including phenoxy) is 1. The van der Waals surface area contributed by atoms with Crippen molar-refractivity contribution < 1.29 is 27.5 Å². The molecule has 0 unspecified atom stereocenters. The van der Waals surface area contributed by atoms with Gasteiger partial charge in [-0.2, -0.15) is 13.2 Å². The molecule has 0 aliphatic carbocycles. The van der Waals surface area contributed by atoms with Crippen LogP contribution in [0, 0.1) is 13.8 Å². The van der Waals surface area contributed by atoms with Gasteiger partial charge in [0.05, 0.1) is 11.1 Å². The molecule has 0 aliphatic rings. The SMILES string of the molecule is Cc1ccc(C)c(OCC(=O)NNC(=O)c2ccccc2C(F)(F)F)c1. The quantitative estimate of drug-likeness (QED) is 0.817. The summed E-state index contributed by atoms with van der Waals surface area (Å²) in [5, 5.41) is 0. The molecule has 0 saturated heterocycles. The molecule has 0 saturated carbocycles. The van der Waals surface area contributed by atoms with E-state index < -0.39 is 35.7 Å². The molecule has 2 rings (SSSR count). The van der Waals surface area contributed by atoms with Crippen molar-refractivity contribution in [3.8, 4) is 5.75 Å². The summed E-state index contributed by atoms with van der Waals surface area (Å²) in [6, 6.07) is 9.77. The minimum Gasteiger partial charge on any atom is -0.483 e. The molecule has 2 amide bonds. The van der Waals surface area contributed by atoms with E-state index in [1.165, 1.54) is 12.1 Å². The van der Waals surface area contributed by atoms with Crippen molar-refractivity contribution in [3.05, 3.63) is 64.7 Å². The number of carbonyl (C=O) groups excluding carboxylic acids is 2. The first-order chi connectivity index (χ1) is 12.2. The van der Waals surface area contributed by atoms with Crippen LogP contribution >= 0.6 is 0 Å². The summed E-state index contributed by atoms with van der Waals surface area (Å²) >= 11 is 0. The zero-order chi connectivity index (χ0) is 19.3. The van der Waals surface area contributed by atoms with Crippen molar-refractivity contribution >= 4 is 11.8 Å². The third kappa shape index (κ3) is 4.98. The van der Waals surface area contributed by atoms with Crippen LogP contribution < -0.4 is 15.6 Å². The Hall–Kier alpha value is -3.03. The monoisotopic (exact) mass is 366 g/mol. The minimum absolute atomic E-state index is 0.397. The molecule has 138 valence electrons. The molecule has 0 radical (unpaired) electrons. The highest BCUT2D eigenvalue weighted by Crippen LogP contribution is 2.31. The van der Waals surface area contributed by atoms with Crippen LogP contribution in [0.2, 0.25) is 0 Å². The third-order valence-electron chi connectivity index (χ3n) is 3.49. The molecule has 0 heterocycles. The van der Waals surface area contributed by atoms with Crippen LogP contribution in [0.4, 0.5) is 13.2 Å². The van der Waals surface area contributed by atoms with Crippen molar-refractivity contribution in [1.29, 1.82) is 0 Å². The van der Waals surface area contributed by atoms with Crippen LogP contribution in [0.25, 0.3) is 0 Å². The topological polar surface area (TPSA) is 67.4 Å². The number of nitrogens with one attached hydrogen (secondary N) is 2. The van der Waals surface area contributed by atoms with E-state index in [1.807, 2.05) is 36.8 Å². The van der Waals surface area contributed by atoms with E-state index in [0.717, 1.165) is 23.3 Å². The molecule has 2 aromatic carbocycles. The fourth-order valence-corrected chi connectivity index (χ4v) is 2.16. The highest BCUT2D eigenvalue weighted by Gasteiger charge is 2.34. The highest BCUT2D eigenvalue weighted by molar-refractivity contribution is 5.97. The van der Waals surface area contributed by atoms with Crippen LogP contribution in [-0.4, -0.2) is 18.4 Å². The molecular weight excluding hydrogens is 349 g/mol. The van der Waals surface area contributed by atoms with Gasteiger partial charge in [0.15, 0.2) is 6.61 Å². The minimum atomic E-state index is -4.68. The van der Waals surface area contributed by atoms with Gasteiger partial charge in [-0.05, 0) is 43.2 Å². The van der Waals surface area contributed by atoms with Crippen LogP contribution in [0.1, 0.15) is 27.0 Å². The Morgan fingerprint density at radius 2 is 1.73 bits per heavy atom. The average Bonchev–Trinajstić information content (AvgIpc) is 2.59. The van der Waals surface area contributed by atoms with E-state index in [2.05, 4.69) is 0 Å². The fraction of sp³-hybridized carbons (Fsp3) is 0.222.